The zero-order chi connectivity index (χ0) is 18.9. The number of nitrogens with one attached hydrogen (secondary N) is 1. The number of aliphatic hydroxyl groups is 1. The number of nitrogens with zero attached hydrogens (tertiary/aromatic N) is 2. The third-order valence-electron chi connectivity index (χ3n) is 4.29. The van der Waals surface area contributed by atoms with E-state index in [4.69, 9.17) is 9.47 Å². The van der Waals surface area contributed by atoms with Crippen LogP contribution in [-0.2, 0) is 6.54 Å². The molecule has 0 fully saturated rings. The minimum Gasteiger partial charge on any atom is -0.497 e. The fourth-order valence-corrected chi connectivity index (χ4v) is 3.71. The Balaban J connectivity index is 1.57. The first-order valence-corrected chi connectivity index (χ1v) is 9.96. The molecule has 0 bridgehead atoms. The Kier molecular flexibility index (Phi) is 7.50. The summed E-state index contributed by atoms with van der Waals surface area (Å²) in [5, 5.41) is 15.0. The molecule has 2 aromatic rings. The topological polar surface area (TPSA) is 76.0 Å². The number of methoxy groups -OCH3 is 1. The zero-order valence-electron chi connectivity index (χ0n) is 15.4. The molecule has 1 aliphatic heterocycles. The van der Waals surface area contributed by atoms with Crippen molar-refractivity contribution in [3.05, 3.63) is 54.4 Å². The minimum absolute atomic E-state index is 0.104. The maximum Gasteiger partial charge on any atom is 0.119 e. The van der Waals surface area contributed by atoms with Gasteiger partial charge in [0.1, 0.15) is 17.6 Å². The van der Waals surface area contributed by atoms with Crippen molar-refractivity contribution in [1.29, 1.82) is 0 Å². The highest BCUT2D eigenvalue weighted by molar-refractivity contribution is 8.14. The van der Waals surface area contributed by atoms with Crippen LogP contribution in [0.25, 0.3) is 0 Å². The van der Waals surface area contributed by atoms with Crippen LogP contribution in [0.5, 0.6) is 11.5 Å². The SMILES string of the molecule is COc1ccc(OCC(CNCc2cccnc2)C(O)C2=NCCS2)cc1. The number of aliphatic imine (C=N–C) groups is 1. The average Bonchev–Trinajstić information content (AvgIpc) is 3.26. The highest BCUT2D eigenvalue weighted by Gasteiger charge is 2.27. The maximum atomic E-state index is 10.8. The molecule has 6 nitrogen and oxygen atoms in total. The van der Waals surface area contributed by atoms with Crippen LogP contribution in [0.2, 0.25) is 0 Å². The molecular formula is C20H25N3O3S. The second kappa shape index (κ2) is 10.3. The van der Waals surface area contributed by atoms with Crippen LogP contribution in [0.4, 0.5) is 0 Å². The lowest BCUT2D eigenvalue weighted by Gasteiger charge is -2.23. The predicted octanol–water partition coefficient (Wildman–Crippen LogP) is 2.38. The molecule has 3 rings (SSSR count). The first kappa shape index (κ1) is 19.7. The summed E-state index contributed by atoms with van der Waals surface area (Å²) in [5.74, 6) is 2.37. The van der Waals surface area contributed by atoms with Crippen LogP contribution < -0.4 is 14.8 Å². The van der Waals surface area contributed by atoms with Gasteiger partial charge in [0.25, 0.3) is 0 Å². The van der Waals surface area contributed by atoms with E-state index in [1.54, 1.807) is 25.1 Å². The molecule has 0 spiro atoms. The van der Waals surface area contributed by atoms with E-state index in [2.05, 4.69) is 15.3 Å². The minimum atomic E-state index is -0.628. The van der Waals surface area contributed by atoms with Gasteiger partial charge in [0.2, 0.25) is 0 Å². The molecule has 0 saturated carbocycles. The van der Waals surface area contributed by atoms with Crippen molar-refractivity contribution in [2.45, 2.75) is 12.6 Å². The van der Waals surface area contributed by atoms with Gasteiger partial charge in [-0.2, -0.15) is 0 Å². The van der Waals surface area contributed by atoms with E-state index in [9.17, 15) is 5.11 Å². The van der Waals surface area contributed by atoms with Gasteiger partial charge in [0.15, 0.2) is 0 Å². The number of thioether (sulfide) groups is 1. The van der Waals surface area contributed by atoms with Crippen molar-refractivity contribution in [2.24, 2.45) is 10.9 Å². The van der Waals surface area contributed by atoms with Gasteiger partial charge in [-0.15, -0.1) is 11.8 Å². The molecule has 1 aromatic heterocycles. The number of aromatic nitrogens is 1. The molecule has 0 aliphatic carbocycles. The molecule has 27 heavy (non-hydrogen) atoms. The Morgan fingerprint density at radius 3 is 2.70 bits per heavy atom. The molecule has 0 saturated heterocycles. The zero-order valence-corrected chi connectivity index (χ0v) is 16.2. The maximum absolute atomic E-state index is 10.8. The van der Waals surface area contributed by atoms with E-state index in [0.29, 0.717) is 19.7 Å². The average molecular weight is 388 g/mol. The second-order valence-corrected chi connectivity index (χ2v) is 7.37. The van der Waals surface area contributed by atoms with E-state index in [0.717, 1.165) is 34.4 Å². The summed E-state index contributed by atoms with van der Waals surface area (Å²) in [4.78, 5) is 8.54. The van der Waals surface area contributed by atoms with Crippen LogP contribution in [-0.4, -0.2) is 53.8 Å². The molecule has 2 atom stereocenters. The first-order chi connectivity index (χ1) is 13.3. The Morgan fingerprint density at radius 2 is 2.04 bits per heavy atom. The Hall–Kier alpha value is -2.09. The van der Waals surface area contributed by atoms with Crippen molar-refractivity contribution < 1.29 is 14.6 Å². The summed E-state index contributed by atoms with van der Waals surface area (Å²) >= 11 is 1.63. The lowest BCUT2D eigenvalue weighted by molar-refractivity contribution is 0.123. The first-order valence-electron chi connectivity index (χ1n) is 8.98. The van der Waals surface area contributed by atoms with Gasteiger partial charge < -0.3 is 19.9 Å². The van der Waals surface area contributed by atoms with Crippen molar-refractivity contribution in [3.8, 4) is 11.5 Å². The molecule has 2 unspecified atom stereocenters. The smallest absolute Gasteiger partial charge is 0.119 e. The van der Waals surface area contributed by atoms with Gasteiger partial charge >= 0.3 is 0 Å². The van der Waals surface area contributed by atoms with E-state index >= 15 is 0 Å². The summed E-state index contributed by atoms with van der Waals surface area (Å²) in [6.07, 6.45) is 2.97. The second-order valence-electron chi connectivity index (χ2n) is 6.25. The normalized spacial score (nSPS) is 15.9. The number of benzene rings is 1. The quantitative estimate of drug-likeness (QED) is 0.652. The summed E-state index contributed by atoms with van der Waals surface area (Å²) < 4.78 is 11.1. The Bertz CT molecular complexity index is 725. The molecule has 2 N–H and O–H groups in total. The summed E-state index contributed by atoms with van der Waals surface area (Å²) in [7, 11) is 1.64. The van der Waals surface area contributed by atoms with Crippen LogP contribution in [0.1, 0.15) is 5.56 Å². The summed E-state index contributed by atoms with van der Waals surface area (Å²) in [6.45, 7) is 2.48. The molecule has 1 aromatic carbocycles. The van der Waals surface area contributed by atoms with E-state index in [-0.39, 0.29) is 5.92 Å². The lowest BCUT2D eigenvalue weighted by Crippen LogP contribution is -2.38. The Morgan fingerprint density at radius 1 is 1.22 bits per heavy atom. The van der Waals surface area contributed by atoms with Crippen molar-refractivity contribution in [1.82, 2.24) is 10.3 Å². The van der Waals surface area contributed by atoms with Crippen LogP contribution in [0.15, 0.2) is 53.8 Å². The van der Waals surface area contributed by atoms with Crippen molar-refractivity contribution in [2.75, 3.05) is 32.6 Å². The van der Waals surface area contributed by atoms with Gasteiger partial charge in [-0.25, -0.2) is 0 Å². The highest BCUT2D eigenvalue weighted by Crippen LogP contribution is 2.22. The highest BCUT2D eigenvalue weighted by atomic mass is 32.2. The number of pyridine rings is 1. The number of rotatable bonds is 10. The van der Waals surface area contributed by atoms with Crippen LogP contribution in [0, 0.1) is 5.92 Å². The monoisotopic (exact) mass is 387 g/mol. The van der Waals surface area contributed by atoms with Gasteiger partial charge in [-0.1, -0.05) is 6.07 Å². The fourth-order valence-electron chi connectivity index (χ4n) is 2.77. The standard InChI is InChI=1S/C20H25N3O3S/c1-25-17-4-6-18(7-5-17)26-14-16(19(24)20-23-9-10-27-20)13-22-12-15-3-2-8-21-11-15/h2-8,11,16,19,22,24H,9-10,12-14H2,1H3. The largest absolute Gasteiger partial charge is 0.497 e. The van der Waals surface area contributed by atoms with Gasteiger partial charge in [-0.05, 0) is 35.9 Å². The predicted molar refractivity (Wildman–Crippen MR) is 109 cm³/mol. The molecule has 1 aliphatic rings. The molecular weight excluding hydrogens is 362 g/mol. The third-order valence-corrected chi connectivity index (χ3v) is 5.34. The lowest BCUT2D eigenvalue weighted by atomic mass is 10.0. The van der Waals surface area contributed by atoms with Gasteiger partial charge in [-0.3, -0.25) is 9.98 Å². The van der Waals surface area contributed by atoms with E-state index < -0.39 is 6.10 Å². The Labute approximate surface area is 164 Å². The molecule has 0 radical (unpaired) electrons. The third kappa shape index (κ3) is 5.95. The summed E-state index contributed by atoms with van der Waals surface area (Å²) in [6, 6.07) is 11.4. The van der Waals surface area contributed by atoms with Crippen LogP contribution >= 0.6 is 11.8 Å². The molecule has 144 valence electrons. The van der Waals surface area contributed by atoms with Crippen molar-refractivity contribution in [3.63, 3.8) is 0 Å². The summed E-state index contributed by atoms with van der Waals surface area (Å²) in [5.41, 5.74) is 1.11. The van der Waals surface area contributed by atoms with Gasteiger partial charge in [0.05, 0.1) is 18.8 Å². The van der Waals surface area contributed by atoms with Gasteiger partial charge in [0, 0.05) is 43.7 Å². The number of hydrogen-bond donors (Lipinski definition) is 2. The van der Waals surface area contributed by atoms with Crippen molar-refractivity contribution >= 4 is 16.8 Å². The number of ether oxygens (including phenoxy) is 2. The molecule has 2 heterocycles. The molecule has 7 heteroatoms. The molecule has 0 amide bonds. The van der Waals surface area contributed by atoms with Crippen LogP contribution in [0.3, 0.4) is 0 Å². The number of hydrogen-bond acceptors (Lipinski definition) is 7. The van der Waals surface area contributed by atoms with E-state index in [1.165, 1.54) is 0 Å². The fraction of sp³-hybridized carbons (Fsp3) is 0.400. The van der Waals surface area contributed by atoms with E-state index in [1.807, 2.05) is 42.6 Å². The number of aliphatic hydroxyl groups excluding tert-OH is 1.